The number of phenolic OH excluding ortho intramolecular Hbond substituents is 1. The van der Waals surface area contributed by atoms with Crippen LogP contribution in [0.25, 0.3) is 0 Å². The van der Waals surface area contributed by atoms with Crippen molar-refractivity contribution < 1.29 is 24.5 Å². The maximum Gasteiger partial charge on any atom is 0.300 e. The van der Waals surface area contributed by atoms with Gasteiger partial charge >= 0.3 is 0 Å². The van der Waals surface area contributed by atoms with Crippen molar-refractivity contribution >= 4 is 5.97 Å². The molecule has 2 N–H and O–H groups in total. The molecular weight excluding hydrogens is 248 g/mol. The summed E-state index contributed by atoms with van der Waals surface area (Å²) in [5.41, 5.74) is 1.08. The number of hydrogen-bond donors (Lipinski definition) is 2. The van der Waals surface area contributed by atoms with Crippen molar-refractivity contribution in [2.75, 3.05) is 21.3 Å². The molecule has 108 valence electrons. The number of carboxylic acid groups (broad SMARTS) is 1. The minimum Gasteiger partial charge on any atom is -0.504 e. The van der Waals surface area contributed by atoms with Crippen LogP contribution in [-0.4, -0.2) is 37.5 Å². The molecule has 5 heteroatoms. The van der Waals surface area contributed by atoms with Crippen LogP contribution >= 0.6 is 0 Å². The van der Waals surface area contributed by atoms with Gasteiger partial charge in [-0.1, -0.05) is 12.1 Å². The first-order valence-corrected chi connectivity index (χ1v) is 5.49. The normalized spacial score (nSPS) is 8.21. The van der Waals surface area contributed by atoms with Gasteiger partial charge in [0.1, 0.15) is 0 Å². The topological polar surface area (TPSA) is 76.0 Å². The van der Waals surface area contributed by atoms with Gasteiger partial charge in [0.15, 0.2) is 11.5 Å². The summed E-state index contributed by atoms with van der Waals surface area (Å²) in [5, 5.41) is 16.7. The van der Waals surface area contributed by atoms with Gasteiger partial charge in [0.2, 0.25) is 0 Å². The highest BCUT2D eigenvalue weighted by Crippen LogP contribution is 2.26. The van der Waals surface area contributed by atoms with Crippen molar-refractivity contribution in [1.82, 2.24) is 0 Å². The van der Waals surface area contributed by atoms with Gasteiger partial charge in [-0.05, 0) is 24.1 Å². The second-order valence-electron chi connectivity index (χ2n) is 3.43. The van der Waals surface area contributed by atoms with E-state index in [4.69, 9.17) is 14.6 Å². The van der Waals surface area contributed by atoms with E-state index in [1.807, 2.05) is 12.1 Å². The molecule has 19 heavy (non-hydrogen) atoms. The fraction of sp³-hybridized carbons (Fsp3) is 0.357. The molecule has 0 aliphatic heterocycles. The Kier molecular flexibility index (Phi) is 12.7. The second kappa shape index (κ2) is 12.4. The maximum atomic E-state index is 9.25. The molecule has 0 spiro atoms. The molecule has 0 aromatic heterocycles. The third kappa shape index (κ3) is 12.2. The molecule has 0 radical (unpaired) electrons. The summed E-state index contributed by atoms with van der Waals surface area (Å²) in [6.07, 6.45) is 2.60. The largest absolute Gasteiger partial charge is 0.504 e. The van der Waals surface area contributed by atoms with E-state index >= 15 is 0 Å². The van der Waals surface area contributed by atoms with Gasteiger partial charge in [-0.25, -0.2) is 0 Å². The number of methoxy groups -OCH3 is 2. The van der Waals surface area contributed by atoms with Crippen LogP contribution in [0.4, 0.5) is 0 Å². The van der Waals surface area contributed by atoms with Gasteiger partial charge < -0.3 is 19.7 Å². The quantitative estimate of drug-likeness (QED) is 0.825. The Hall–Kier alpha value is -2.01. The fourth-order valence-corrected chi connectivity index (χ4v) is 1.02. The number of phenols is 1. The average molecular weight is 270 g/mol. The molecule has 0 saturated carbocycles. The van der Waals surface area contributed by atoms with E-state index < -0.39 is 5.97 Å². The Morgan fingerprint density at radius 3 is 2.21 bits per heavy atom. The van der Waals surface area contributed by atoms with E-state index in [1.54, 1.807) is 26.4 Å². The zero-order chi connectivity index (χ0) is 15.3. The van der Waals surface area contributed by atoms with Gasteiger partial charge in [0.25, 0.3) is 5.97 Å². The summed E-state index contributed by atoms with van der Waals surface area (Å²) in [5.74, 6) is -0.153. The van der Waals surface area contributed by atoms with Gasteiger partial charge in [0, 0.05) is 21.1 Å². The minimum atomic E-state index is -0.833. The van der Waals surface area contributed by atoms with Crippen molar-refractivity contribution in [2.45, 2.75) is 13.3 Å². The van der Waals surface area contributed by atoms with Crippen molar-refractivity contribution in [3.05, 3.63) is 36.4 Å². The number of benzene rings is 1. The van der Waals surface area contributed by atoms with Crippen LogP contribution in [0.1, 0.15) is 12.5 Å². The number of hydrogen-bond acceptors (Lipinski definition) is 4. The van der Waals surface area contributed by atoms with Crippen molar-refractivity contribution in [1.29, 1.82) is 0 Å². The molecule has 1 aromatic carbocycles. The number of aliphatic carboxylic acids is 1. The molecule has 0 amide bonds. The standard InChI is InChI=1S/C10H12O2.C2H4O2.C2H6O/c1-3-4-8-5-6-9(11)10(7-8)12-2;1-2(3)4;1-3-2/h3,5-7,11H,1,4H2,2H3;1H3,(H,3,4);1-2H3. The lowest BCUT2D eigenvalue weighted by atomic mass is 10.1. The molecule has 0 saturated heterocycles. The molecule has 0 unspecified atom stereocenters. The van der Waals surface area contributed by atoms with Gasteiger partial charge in [-0.3, -0.25) is 4.79 Å². The fourth-order valence-electron chi connectivity index (χ4n) is 1.02. The van der Waals surface area contributed by atoms with Gasteiger partial charge in [-0.15, -0.1) is 6.58 Å². The molecule has 0 heterocycles. The minimum absolute atomic E-state index is 0.172. The molecule has 1 aromatic rings. The van der Waals surface area contributed by atoms with E-state index in [0.717, 1.165) is 18.9 Å². The SMILES string of the molecule is C=CCc1ccc(O)c(OC)c1.CC(=O)O.COC. The zero-order valence-electron chi connectivity index (χ0n) is 11.8. The number of carboxylic acids is 1. The first kappa shape index (κ1) is 19.3. The van der Waals surface area contributed by atoms with Crippen molar-refractivity contribution in [3.8, 4) is 11.5 Å². The molecule has 1 rings (SSSR count). The number of rotatable bonds is 3. The van der Waals surface area contributed by atoms with Gasteiger partial charge in [0.05, 0.1) is 7.11 Å². The number of aromatic hydroxyl groups is 1. The summed E-state index contributed by atoms with van der Waals surface area (Å²) < 4.78 is 9.20. The molecule has 0 aliphatic carbocycles. The lowest BCUT2D eigenvalue weighted by molar-refractivity contribution is -0.134. The lowest BCUT2D eigenvalue weighted by Crippen LogP contribution is -1.86. The molecule has 0 atom stereocenters. The Labute approximate surface area is 114 Å². The van der Waals surface area contributed by atoms with E-state index in [1.165, 1.54) is 7.11 Å². The summed E-state index contributed by atoms with van der Waals surface area (Å²) in [4.78, 5) is 9.00. The molecule has 0 fully saturated rings. The molecule has 0 aliphatic rings. The highest BCUT2D eigenvalue weighted by molar-refractivity contribution is 5.62. The number of allylic oxidation sites excluding steroid dienone is 1. The third-order valence-corrected chi connectivity index (χ3v) is 1.62. The first-order chi connectivity index (χ1) is 8.92. The number of ether oxygens (including phenoxy) is 2. The van der Waals surface area contributed by atoms with Crippen LogP contribution < -0.4 is 4.74 Å². The Bertz CT molecular complexity index is 370. The van der Waals surface area contributed by atoms with Crippen molar-refractivity contribution in [2.24, 2.45) is 0 Å². The third-order valence-electron chi connectivity index (χ3n) is 1.62. The Morgan fingerprint density at radius 1 is 1.37 bits per heavy atom. The van der Waals surface area contributed by atoms with Crippen molar-refractivity contribution in [3.63, 3.8) is 0 Å². The van der Waals surface area contributed by atoms with E-state index in [2.05, 4.69) is 11.3 Å². The average Bonchev–Trinajstić information content (AvgIpc) is 2.32. The second-order valence-corrected chi connectivity index (χ2v) is 3.43. The van der Waals surface area contributed by atoms with Crippen LogP contribution in [0.3, 0.4) is 0 Å². The Balaban J connectivity index is 0. The number of carbonyl (C=O) groups is 1. The highest BCUT2D eigenvalue weighted by atomic mass is 16.5. The van der Waals surface area contributed by atoms with E-state index in [-0.39, 0.29) is 5.75 Å². The summed E-state index contributed by atoms with van der Waals surface area (Å²) >= 11 is 0. The monoisotopic (exact) mass is 270 g/mol. The van der Waals surface area contributed by atoms with Gasteiger partial charge in [-0.2, -0.15) is 0 Å². The van der Waals surface area contributed by atoms with Crippen LogP contribution in [0.5, 0.6) is 11.5 Å². The summed E-state index contributed by atoms with van der Waals surface area (Å²) in [6, 6.07) is 5.27. The zero-order valence-corrected chi connectivity index (χ0v) is 11.8. The van der Waals surface area contributed by atoms with Crippen LogP contribution in [0, 0.1) is 0 Å². The molecule has 0 bridgehead atoms. The molecule has 5 nitrogen and oxygen atoms in total. The summed E-state index contributed by atoms with van der Waals surface area (Å²) in [6.45, 7) is 4.71. The predicted octanol–water partition coefficient (Wildman–Crippen LogP) is 2.48. The lowest BCUT2D eigenvalue weighted by Gasteiger charge is -2.04. The van der Waals surface area contributed by atoms with Crippen LogP contribution in [-0.2, 0) is 16.0 Å². The predicted molar refractivity (Wildman–Crippen MR) is 74.8 cm³/mol. The van der Waals surface area contributed by atoms with Crippen LogP contribution in [0.2, 0.25) is 0 Å². The first-order valence-electron chi connectivity index (χ1n) is 5.49. The highest BCUT2D eigenvalue weighted by Gasteiger charge is 2.00. The van der Waals surface area contributed by atoms with Crippen LogP contribution in [0.15, 0.2) is 30.9 Å². The Morgan fingerprint density at radius 2 is 1.84 bits per heavy atom. The van der Waals surface area contributed by atoms with E-state index in [0.29, 0.717) is 5.75 Å². The smallest absolute Gasteiger partial charge is 0.300 e. The van der Waals surface area contributed by atoms with E-state index in [9.17, 15) is 5.11 Å². The maximum absolute atomic E-state index is 9.25. The molecular formula is C14H22O5. The summed E-state index contributed by atoms with van der Waals surface area (Å²) in [7, 11) is 4.78.